The van der Waals surface area contributed by atoms with Crippen LogP contribution in [0.5, 0.6) is 0 Å². The monoisotopic (exact) mass is 427 g/mol. The Labute approximate surface area is 143 Å². The van der Waals surface area contributed by atoms with Crippen molar-refractivity contribution in [3.8, 4) is 0 Å². The first-order valence-corrected chi connectivity index (χ1v) is 8.66. The Bertz CT molecular complexity index is 684. The molecule has 1 heterocycles. The van der Waals surface area contributed by atoms with E-state index in [4.69, 9.17) is 0 Å². The molecule has 0 saturated heterocycles. The van der Waals surface area contributed by atoms with E-state index in [2.05, 4.69) is 31.9 Å². The molecule has 21 heavy (non-hydrogen) atoms. The van der Waals surface area contributed by atoms with Gasteiger partial charge in [0, 0.05) is 18.7 Å². The third-order valence-corrected chi connectivity index (χ3v) is 5.41. The first-order chi connectivity index (χ1) is 9.97. The lowest BCUT2D eigenvalue weighted by Crippen LogP contribution is -2.36. The van der Waals surface area contributed by atoms with Crippen LogP contribution in [0.4, 0.5) is 11.4 Å². The van der Waals surface area contributed by atoms with E-state index in [1.807, 2.05) is 41.3 Å². The van der Waals surface area contributed by atoms with E-state index in [1.165, 1.54) is 0 Å². The van der Waals surface area contributed by atoms with Gasteiger partial charge in [-0.15, -0.1) is 0 Å². The zero-order valence-electron chi connectivity index (χ0n) is 11.0. The van der Waals surface area contributed by atoms with Crippen molar-refractivity contribution in [3.63, 3.8) is 0 Å². The number of carboxylic acids is 1. The van der Waals surface area contributed by atoms with Crippen molar-refractivity contribution in [1.29, 1.82) is 0 Å². The second-order valence-corrected chi connectivity index (χ2v) is 7.63. The summed E-state index contributed by atoms with van der Waals surface area (Å²) in [6.45, 7) is 1.70. The van der Waals surface area contributed by atoms with Gasteiger partial charge < -0.3 is 10.0 Å². The number of carboxylic acid groups (broad SMARTS) is 1. The van der Waals surface area contributed by atoms with Crippen molar-refractivity contribution >= 4 is 61.0 Å². The number of fused-ring (bicyclic) bond motifs is 2. The largest absolute Gasteiger partial charge is 0.480 e. The molecule has 0 aliphatic carbocycles. The Kier molecular flexibility index (Phi) is 4.03. The summed E-state index contributed by atoms with van der Waals surface area (Å²) >= 11 is 8.60. The van der Waals surface area contributed by atoms with Crippen molar-refractivity contribution in [2.45, 2.75) is 22.8 Å². The van der Waals surface area contributed by atoms with E-state index in [0.717, 1.165) is 30.1 Å². The van der Waals surface area contributed by atoms with Crippen LogP contribution in [0.1, 0.15) is 6.92 Å². The van der Waals surface area contributed by atoms with Crippen LogP contribution in [0.15, 0.2) is 55.1 Å². The van der Waals surface area contributed by atoms with Crippen LogP contribution >= 0.6 is 43.6 Å². The number of nitrogens with zero attached hydrogens (tertiary/aromatic N) is 1. The maximum atomic E-state index is 11.5. The molecule has 108 valence electrons. The highest BCUT2D eigenvalue weighted by molar-refractivity contribution is 9.10. The van der Waals surface area contributed by atoms with Gasteiger partial charge in [-0.05, 0) is 43.3 Å². The fraction of sp³-hybridized carbons (Fsp3) is 0.133. The Hall–Kier alpha value is -0.980. The van der Waals surface area contributed by atoms with Gasteiger partial charge in [0.15, 0.2) is 0 Å². The molecule has 0 saturated carbocycles. The molecule has 1 N–H and O–H groups in total. The first kappa shape index (κ1) is 14.9. The fourth-order valence-corrected chi connectivity index (χ4v) is 4.49. The predicted octanol–water partition coefficient (Wildman–Crippen LogP) is 5.29. The van der Waals surface area contributed by atoms with Crippen molar-refractivity contribution in [2.75, 3.05) is 4.90 Å². The molecule has 1 atom stereocenters. The molecule has 0 amide bonds. The van der Waals surface area contributed by atoms with Gasteiger partial charge >= 0.3 is 5.97 Å². The molecule has 0 aromatic heterocycles. The predicted molar refractivity (Wildman–Crippen MR) is 91.6 cm³/mol. The molecule has 0 fully saturated rings. The van der Waals surface area contributed by atoms with Gasteiger partial charge in [0.2, 0.25) is 0 Å². The zero-order chi connectivity index (χ0) is 15.1. The number of benzene rings is 2. The fourth-order valence-electron chi connectivity index (χ4n) is 2.31. The van der Waals surface area contributed by atoms with Crippen LogP contribution in [0.2, 0.25) is 0 Å². The van der Waals surface area contributed by atoms with Crippen LogP contribution in [0.3, 0.4) is 0 Å². The average Bonchev–Trinajstić information content (AvgIpc) is 2.43. The van der Waals surface area contributed by atoms with Crippen LogP contribution < -0.4 is 4.90 Å². The summed E-state index contributed by atoms with van der Waals surface area (Å²) in [5.41, 5.74) is 1.85. The third-order valence-electron chi connectivity index (χ3n) is 3.33. The van der Waals surface area contributed by atoms with Crippen molar-refractivity contribution in [3.05, 3.63) is 45.3 Å². The number of rotatable bonds is 2. The summed E-state index contributed by atoms with van der Waals surface area (Å²) in [5.74, 6) is -0.843. The summed E-state index contributed by atoms with van der Waals surface area (Å²) in [4.78, 5) is 15.5. The van der Waals surface area contributed by atoms with Crippen molar-refractivity contribution in [1.82, 2.24) is 0 Å². The minimum absolute atomic E-state index is 0.634. The second kappa shape index (κ2) is 5.66. The van der Waals surface area contributed by atoms with E-state index in [9.17, 15) is 9.90 Å². The quantitative estimate of drug-likeness (QED) is 0.705. The number of anilines is 2. The molecule has 0 spiro atoms. The van der Waals surface area contributed by atoms with Crippen molar-refractivity contribution < 1.29 is 9.90 Å². The van der Waals surface area contributed by atoms with Gasteiger partial charge in [-0.2, -0.15) is 0 Å². The van der Waals surface area contributed by atoms with Crippen LogP contribution in [0.25, 0.3) is 0 Å². The molecule has 2 aromatic carbocycles. The SMILES string of the molecule is CC(C(=O)O)N1c2ccc(Br)cc2Sc2cc(Br)ccc21. The highest BCUT2D eigenvalue weighted by atomic mass is 79.9. The summed E-state index contributed by atoms with van der Waals surface area (Å²) in [7, 11) is 0. The van der Waals surface area contributed by atoms with Crippen molar-refractivity contribution in [2.24, 2.45) is 0 Å². The van der Waals surface area contributed by atoms with Crippen LogP contribution in [-0.2, 0) is 4.79 Å². The minimum atomic E-state index is -0.843. The van der Waals surface area contributed by atoms with E-state index in [-0.39, 0.29) is 0 Å². The molecule has 0 bridgehead atoms. The number of aliphatic carboxylic acids is 1. The lowest BCUT2D eigenvalue weighted by molar-refractivity contribution is -0.138. The number of hydrogen-bond donors (Lipinski definition) is 1. The maximum Gasteiger partial charge on any atom is 0.326 e. The molecular weight excluding hydrogens is 418 g/mol. The highest BCUT2D eigenvalue weighted by Gasteiger charge is 2.30. The second-order valence-electron chi connectivity index (χ2n) is 4.71. The standard InChI is InChI=1S/C15H11Br2NO2S/c1-8(15(19)20)18-11-4-2-9(16)6-13(11)21-14-7-10(17)3-5-12(14)18/h2-8H,1H3,(H,19,20). The summed E-state index contributed by atoms with van der Waals surface area (Å²) in [6, 6.07) is 11.2. The zero-order valence-corrected chi connectivity index (χ0v) is 15.0. The molecule has 3 nitrogen and oxygen atoms in total. The molecule has 1 aliphatic rings. The third kappa shape index (κ3) is 2.72. The highest BCUT2D eigenvalue weighted by Crippen LogP contribution is 2.50. The Morgan fingerprint density at radius 1 is 1.10 bits per heavy atom. The Morgan fingerprint density at radius 2 is 1.57 bits per heavy atom. The molecular formula is C15H11Br2NO2S. The molecule has 1 aliphatic heterocycles. The van der Waals surface area contributed by atoms with Gasteiger partial charge in [0.25, 0.3) is 0 Å². The van der Waals surface area contributed by atoms with E-state index < -0.39 is 12.0 Å². The van der Waals surface area contributed by atoms with Gasteiger partial charge in [-0.1, -0.05) is 43.6 Å². The van der Waals surface area contributed by atoms with Gasteiger partial charge in [0.1, 0.15) is 6.04 Å². The molecule has 1 unspecified atom stereocenters. The Morgan fingerprint density at radius 3 is 2.00 bits per heavy atom. The summed E-state index contributed by atoms with van der Waals surface area (Å²) < 4.78 is 1.96. The normalized spacial score (nSPS) is 14.3. The summed E-state index contributed by atoms with van der Waals surface area (Å²) in [6.07, 6.45) is 0. The number of hydrogen-bond acceptors (Lipinski definition) is 3. The smallest absolute Gasteiger partial charge is 0.326 e. The first-order valence-electron chi connectivity index (χ1n) is 6.26. The Balaban J connectivity index is 2.21. The minimum Gasteiger partial charge on any atom is -0.480 e. The molecule has 0 radical (unpaired) electrons. The molecule has 3 rings (SSSR count). The maximum absolute atomic E-state index is 11.5. The van der Waals surface area contributed by atoms with E-state index in [0.29, 0.717) is 0 Å². The average molecular weight is 429 g/mol. The number of carbonyl (C=O) groups is 1. The number of halogens is 2. The topological polar surface area (TPSA) is 40.5 Å². The van der Waals surface area contributed by atoms with Gasteiger partial charge in [0.05, 0.1) is 11.4 Å². The molecule has 2 aromatic rings. The van der Waals surface area contributed by atoms with E-state index in [1.54, 1.807) is 18.7 Å². The summed E-state index contributed by atoms with van der Waals surface area (Å²) in [5, 5.41) is 9.43. The van der Waals surface area contributed by atoms with Gasteiger partial charge in [-0.3, -0.25) is 0 Å². The van der Waals surface area contributed by atoms with Crippen LogP contribution in [-0.4, -0.2) is 17.1 Å². The van der Waals surface area contributed by atoms with Crippen LogP contribution in [0, 0.1) is 0 Å². The van der Waals surface area contributed by atoms with Gasteiger partial charge in [-0.25, -0.2) is 4.79 Å². The van der Waals surface area contributed by atoms with E-state index >= 15 is 0 Å². The lowest BCUT2D eigenvalue weighted by atomic mass is 10.1. The lowest BCUT2D eigenvalue weighted by Gasteiger charge is -2.35. The molecule has 6 heteroatoms.